The Hall–Kier alpha value is -2.39. The van der Waals surface area contributed by atoms with E-state index in [2.05, 4.69) is 9.62 Å². The van der Waals surface area contributed by atoms with Crippen LogP contribution in [-0.2, 0) is 10.9 Å². The summed E-state index contributed by atoms with van der Waals surface area (Å²) in [7, 11) is 0. The van der Waals surface area contributed by atoms with Gasteiger partial charge < -0.3 is 19.5 Å². The summed E-state index contributed by atoms with van der Waals surface area (Å²) in [5.74, 6) is -1.06. The van der Waals surface area contributed by atoms with Crippen LogP contribution in [0, 0.1) is 0 Å². The van der Waals surface area contributed by atoms with Crippen molar-refractivity contribution in [3.8, 4) is 0 Å². The van der Waals surface area contributed by atoms with Gasteiger partial charge in [0.15, 0.2) is 0 Å². The van der Waals surface area contributed by atoms with Crippen molar-refractivity contribution in [2.45, 2.75) is 42.9 Å². The number of rotatable bonds is 6. The van der Waals surface area contributed by atoms with Crippen LogP contribution in [-0.4, -0.2) is 30.8 Å². The molecule has 0 radical (unpaired) electrons. The molecule has 0 aliphatic carbocycles. The number of piperidine rings is 1. The third-order valence-corrected chi connectivity index (χ3v) is 6.49. The van der Waals surface area contributed by atoms with Crippen LogP contribution in [0.3, 0.4) is 0 Å². The summed E-state index contributed by atoms with van der Waals surface area (Å²) >= 11 is 1.12. The first-order chi connectivity index (χ1) is 14.8. The van der Waals surface area contributed by atoms with E-state index in [1.165, 1.54) is 18.2 Å². The summed E-state index contributed by atoms with van der Waals surface area (Å²) < 4.78 is 48.6. The molecule has 4 rings (SSSR count). The third kappa shape index (κ3) is 4.93. The smallest absolute Gasteiger partial charge is 0.416 e. The molecule has 9 heteroatoms. The van der Waals surface area contributed by atoms with Gasteiger partial charge >= 0.3 is 12.1 Å². The van der Waals surface area contributed by atoms with Gasteiger partial charge in [-0.2, -0.15) is 13.2 Å². The van der Waals surface area contributed by atoms with Crippen molar-refractivity contribution in [2.24, 2.45) is 0 Å². The highest BCUT2D eigenvalue weighted by Crippen LogP contribution is 2.40. The van der Waals surface area contributed by atoms with Gasteiger partial charge in [0.25, 0.3) is 0 Å². The normalized spacial score (nSPS) is 19.1. The molecule has 1 atom stereocenters. The molecule has 0 spiro atoms. The number of halogens is 3. The highest BCUT2D eigenvalue weighted by Gasteiger charge is 2.32. The zero-order valence-corrected chi connectivity index (χ0v) is 17.6. The molecule has 0 aromatic heterocycles. The lowest BCUT2D eigenvalue weighted by molar-refractivity contribution is -0.137. The van der Waals surface area contributed by atoms with Gasteiger partial charge in [0.1, 0.15) is 0 Å². The lowest BCUT2D eigenvalue weighted by atomic mass is 10.0. The van der Waals surface area contributed by atoms with Gasteiger partial charge in [-0.25, -0.2) is 4.79 Å². The van der Waals surface area contributed by atoms with Gasteiger partial charge in [-0.1, -0.05) is 6.07 Å². The van der Waals surface area contributed by atoms with E-state index >= 15 is 0 Å². The number of ether oxygens (including phenoxy) is 1. The first-order valence-corrected chi connectivity index (χ1v) is 11.0. The monoisotopic (exact) mass is 452 g/mol. The number of hydrogen-bond donors (Lipinski definition) is 2. The Labute approximate surface area is 182 Å². The highest BCUT2D eigenvalue weighted by molar-refractivity contribution is 8.00. The Bertz CT molecular complexity index is 958. The Morgan fingerprint density at radius 2 is 1.87 bits per heavy atom. The molecule has 2 aliphatic rings. The maximum Gasteiger partial charge on any atom is 0.416 e. The summed E-state index contributed by atoms with van der Waals surface area (Å²) in [5.41, 5.74) is 1.31. The molecule has 31 heavy (non-hydrogen) atoms. The number of carboxylic acid groups (broad SMARTS) is 1. The van der Waals surface area contributed by atoms with E-state index < -0.39 is 17.7 Å². The zero-order chi connectivity index (χ0) is 22.0. The first kappa shape index (κ1) is 21.8. The van der Waals surface area contributed by atoms with E-state index in [0.29, 0.717) is 17.2 Å². The topological polar surface area (TPSA) is 61.8 Å². The molecular weight excluding hydrogens is 429 g/mol. The van der Waals surface area contributed by atoms with Crippen molar-refractivity contribution < 1.29 is 27.8 Å². The van der Waals surface area contributed by atoms with Gasteiger partial charge in [0.05, 0.1) is 35.2 Å². The highest BCUT2D eigenvalue weighted by atomic mass is 32.2. The van der Waals surface area contributed by atoms with Gasteiger partial charge in [0.2, 0.25) is 0 Å². The quantitative estimate of drug-likeness (QED) is 0.526. The van der Waals surface area contributed by atoms with E-state index in [4.69, 9.17) is 4.74 Å². The second kappa shape index (κ2) is 9.00. The van der Waals surface area contributed by atoms with Crippen molar-refractivity contribution >= 4 is 29.3 Å². The fourth-order valence-corrected chi connectivity index (χ4v) is 4.70. The predicted octanol–water partition coefficient (Wildman–Crippen LogP) is 5.97. The molecule has 1 unspecified atom stereocenters. The largest absolute Gasteiger partial charge is 0.478 e. The van der Waals surface area contributed by atoms with Crippen LogP contribution in [0.4, 0.5) is 24.5 Å². The molecule has 0 bridgehead atoms. The second-order valence-corrected chi connectivity index (χ2v) is 8.54. The minimum absolute atomic E-state index is 0.118. The van der Waals surface area contributed by atoms with Crippen molar-refractivity contribution in [2.75, 3.05) is 29.3 Å². The molecule has 0 amide bonds. The molecular formula is C22H23F3N2O3S. The Kier molecular flexibility index (Phi) is 6.34. The predicted molar refractivity (Wildman–Crippen MR) is 114 cm³/mol. The lowest BCUT2D eigenvalue weighted by Gasteiger charge is -2.31. The van der Waals surface area contributed by atoms with E-state index in [0.717, 1.165) is 74.1 Å². The summed E-state index contributed by atoms with van der Waals surface area (Å²) in [6, 6.07) is 8.52. The van der Waals surface area contributed by atoms with Gasteiger partial charge in [0, 0.05) is 24.4 Å². The van der Waals surface area contributed by atoms with Crippen molar-refractivity contribution in [1.82, 2.24) is 0 Å². The summed E-state index contributed by atoms with van der Waals surface area (Å²) in [6.45, 7) is 2.22. The Morgan fingerprint density at radius 3 is 2.48 bits per heavy atom. The summed E-state index contributed by atoms with van der Waals surface area (Å²) in [4.78, 5) is 14.1. The van der Waals surface area contributed by atoms with E-state index in [-0.39, 0.29) is 11.7 Å². The number of anilines is 2. The molecule has 5 nitrogen and oxygen atoms in total. The number of nitrogens with zero attached hydrogens (tertiary/aromatic N) is 1. The Balaban J connectivity index is 1.65. The standard InChI is InChI=1S/C22H23F3N2O3S/c23-22(24,25)15-5-7-18(27-9-2-1-3-10-27)17(13-15)26-31-20-12-14(21(28)29)4-6-16(20)19-8-11-30-19/h4-7,12-13,19,26H,1-3,8-11H2,(H,28,29). The van der Waals surface area contributed by atoms with Crippen LogP contribution >= 0.6 is 11.9 Å². The maximum absolute atomic E-state index is 13.3. The summed E-state index contributed by atoms with van der Waals surface area (Å²) in [6.07, 6.45) is -0.649. The zero-order valence-electron chi connectivity index (χ0n) is 16.7. The SMILES string of the molecule is O=C(O)c1ccc(C2CCO2)c(SNc2cc(C(F)(F)F)ccc2N2CCCCC2)c1. The molecule has 2 heterocycles. The number of benzene rings is 2. The molecule has 2 aromatic rings. The van der Waals surface area contributed by atoms with E-state index in [9.17, 15) is 23.1 Å². The van der Waals surface area contributed by atoms with Gasteiger partial charge in [-0.05, 0) is 67.1 Å². The van der Waals surface area contributed by atoms with Crippen LogP contribution in [0.25, 0.3) is 0 Å². The van der Waals surface area contributed by atoms with Gasteiger partial charge in [-0.3, -0.25) is 0 Å². The number of carbonyl (C=O) groups is 1. The van der Waals surface area contributed by atoms with Crippen LogP contribution < -0.4 is 9.62 Å². The molecule has 2 N–H and O–H groups in total. The van der Waals surface area contributed by atoms with Gasteiger partial charge in [-0.15, -0.1) is 0 Å². The Morgan fingerprint density at radius 1 is 1.13 bits per heavy atom. The minimum Gasteiger partial charge on any atom is -0.478 e. The number of nitrogens with one attached hydrogen (secondary N) is 1. The third-order valence-electron chi connectivity index (χ3n) is 5.60. The molecule has 2 aromatic carbocycles. The first-order valence-electron chi connectivity index (χ1n) is 10.2. The van der Waals surface area contributed by atoms with Crippen molar-refractivity contribution in [3.05, 3.63) is 53.1 Å². The minimum atomic E-state index is -4.45. The number of alkyl halides is 3. The number of hydrogen-bond acceptors (Lipinski definition) is 5. The maximum atomic E-state index is 13.3. The fraction of sp³-hybridized carbons (Fsp3) is 0.409. The van der Waals surface area contributed by atoms with Crippen molar-refractivity contribution in [3.63, 3.8) is 0 Å². The average molecular weight is 452 g/mol. The lowest BCUT2D eigenvalue weighted by Crippen LogP contribution is -2.30. The molecule has 2 aliphatic heterocycles. The number of carboxylic acids is 1. The molecule has 0 saturated carbocycles. The molecule has 2 saturated heterocycles. The molecule has 2 fully saturated rings. The second-order valence-electron chi connectivity index (χ2n) is 7.69. The van der Waals surface area contributed by atoms with Crippen LogP contribution in [0.5, 0.6) is 0 Å². The summed E-state index contributed by atoms with van der Waals surface area (Å²) in [5, 5.41) is 9.34. The van der Waals surface area contributed by atoms with E-state index in [1.54, 1.807) is 6.07 Å². The van der Waals surface area contributed by atoms with Crippen LogP contribution in [0.2, 0.25) is 0 Å². The van der Waals surface area contributed by atoms with Crippen LogP contribution in [0.1, 0.15) is 53.3 Å². The van der Waals surface area contributed by atoms with E-state index in [1.807, 2.05) is 0 Å². The van der Waals surface area contributed by atoms with Crippen LogP contribution in [0.15, 0.2) is 41.3 Å². The number of aromatic carboxylic acids is 1. The average Bonchev–Trinajstić information content (AvgIpc) is 2.71. The molecule has 166 valence electrons. The van der Waals surface area contributed by atoms with Crippen molar-refractivity contribution in [1.29, 1.82) is 0 Å². The fourth-order valence-electron chi connectivity index (χ4n) is 3.82.